The largest absolute Gasteiger partial charge is 0.444 e. The van der Waals surface area contributed by atoms with Gasteiger partial charge in [0.1, 0.15) is 16.6 Å². The summed E-state index contributed by atoms with van der Waals surface area (Å²) < 4.78 is 21.0. The van der Waals surface area contributed by atoms with Gasteiger partial charge in [-0.3, -0.25) is 0 Å². The highest BCUT2D eigenvalue weighted by molar-refractivity contribution is 7.85. The fourth-order valence-corrected chi connectivity index (χ4v) is 2.35. The summed E-state index contributed by atoms with van der Waals surface area (Å²) in [7, 11) is -1.29. The van der Waals surface area contributed by atoms with Crippen molar-refractivity contribution in [3.8, 4) is 0 Å². The van der Waals surface area contributed by atoms with E-state index in [-0.39, 0.29) is 16.9 Å². The second-order valence-electron chi connectivity index (χ2n) is 7.00. The summed E-state index contributed by atoms with van der Waals surface area (Å²) in [5, 5.41) is 0. The molecule has 1 unspecified atom stereocenters. The summed E-state index contributed by atoms with van der Waals surface area (Å²) in [5.74, 6) is 0. The second-order valence-corrected chi connectivity index (χ2v) is 8.93. The summed E-state index contributed by atoms with van der Waals surface area (Å²) in [6.45, 7) is 11.8. The van der Waals surface area contributed by atoms with E-state index in [1.165, 1.54) is 0 Å². The maximum Gasteiger partial charge on any atom is 0.410 e. The Hall–Kier alpha value is -0.910. The van der Waals surface area contributed by atoms with Crippen LogP contribution in [0, 0.1) is 0 Å². The van der Waals surface area contributed by atoms with Gasteiger partial charge in [-0.05, 0) is 54.4 Å². The molecule has 1 rings (SSSR count). The number of amides is 1. The van der Waals surface area contributed by atoms with Gasteiger partial charge in [-0.15, -0.1) is 0 Å². The molecule has 1 aliphatic heterocycles. The van der Waals surface area contributed by atoms with Crippen LogP contribution >= 0.6 is 0 Å². The Labute approximate surface area is 124 Å². The normalized spacial score (nSPS) is 22.3. The third kappa shape index (κ3) is 5.23. The van der Waals surface area contributed by atoms with Gasteiger partial charge in [0.05, 0.1) is 10.8 Å². The molecule has 116 valence electrons. The van der Waals surface area contributed by atoms with Crippen LogP contribution in [0.1, 0.15) is 54.4 Å². The maximum absolute atomic E-state index is 12.1. The molecule has 0 bridgehead atoms. The predicted octanol–water partition coefficient (Wildman–Crippen LogP) is 2.92. The molecule has 1 aliphatic rings. The van der Waals surface area contributed by atoms with Crippen molar-refractivity contribution in [3.05, 3.63) is 0 Å². The van der Waals surface area contributed by atoms with Gasteiger partial charge in [-0.25, -0.2) is 9.00 Å². The Morgan fingerprint density at radius 1 is 1.30 bits per heavy atom. The fraction of sp³-hybridized carbons (Fsp3) is 0.857. The number of likely N-dealkylation sites (tertiary alicyclic amines) is 1. The van der Waals surface area contributed by atoms with Crippen molar-refractivity contribution in [1.29, 1.82) is 0 Å². The Morgan fingerprint density at radius 3 is 2.40 bits per heavy atom. The lowest BCUT2D eigenvalue weighted by molar-refractivity contribution is 0.0268. The molecular weight excluding hydrogens is 276 g/mol. The number of carbonyl (C=O) groups excluding carboxylic acids is 1. The van der Waals surface area contributed by atoms with Crippen molar-refractivity contribution < 1.29 is 13.7 Å². The molecule has 20 heavy (non-hydrogen) atoms. The highest BCUT2D eigenvalue weighted by Crippen LogP contribution is 2.20. The van der Waals surface area contributed by atoms with E-state index in [1.54, 1.807) is 11.1 Å². The van der Waals surface area contributed by atoms with Crippen LogP contribution in [0.5, 0.6) is 0 Å². The van der Waals surface area contributed by atoms with E-state index in [0.29, 0.717) is 6.54 Å². The van der Waals surface area contributed by atoms with Gasteiger partial charge in [0.25, 0.3) is 0 Å². The third-order valence-corrected chi connectivity index (χ3v) is 4.14. The predicted molar refractivity (Wildman–Crippen MR) is 82.3 cm³/mol. The zero-order valence-corrected chi connectivity index (χ0v) is 14.1. The highest BCUT2D eigenvalue weighted by atomic mass is 32.2. The zero-order chi connectivity index (χ0) is 15.6. The van der Waals surface area contributed by atoms with E-state index in [9.17, 15) is 9.00 Å². The van der Waals surface area contributed by atoms with Gasteiger partial charge < -0.3 is 9.64 Å². The van der Waals surface area contributed by atoms with Gasteiger partial charge in [-0.2, -0.15) is 4.40 Å². The van der Waals surface area contributed by atoms with E-state index >= 15 is 0 Å². The van der Waals surface area contributed by atoms with Crippen molar-refractivity contribution >= 4 is 23.3 Å². The van der Waals surface area contributed by atoms with Crippen LogP contribution < -0.4 is 0 Å². The molecule has 0 aromatic rings. The Morgan fingerprint density at radius 2 is 1.90 bits per heavy atom. The molecule has 0 radical (unpaired) electrons. The van der Waals surface area contributed by atoms with Crippen molar-refractivity contribution in [2.75, 3.05) is 6.54 Å². The minimum atomic E-state index is -1.29. The van der Waals surface area contributed by atoms with Gasteiger partial charge in [0.2, 0.25) is 0 Å². The molecule has 0 aromatic carbocycles. The number of carbonyl (C=O) groups is 1. The van der Waals surface area contributed by atoms with Crippen molar-refractivity contribution in [1.82, 2.24) is 4.90 Å². The number of nitrogens with zero attached hydrogens (tertiary/aromatic N) is 2. The van der Waals surface area contributed by atoms with E-state index in [0.717, 1.165) is 12.8 Å². The lowest BCUT2D eigenvalue weighted by atomic mass is 10.2. The van der Waals surface area contributed by atoms with Gasteiger partial charge in [0.15, 0.2) is 0 Å². The smallest absolute Gasteiger partial charge is 0.410 e. The maximum atomic E-state index is 12.1. The van der Waals surface area contributed by atoms with E-state index in [1.807, 2.05) is 41.5 Å². The first-order valence-corrected chi connectivity index (χ1v) is 8.07. The number of hydrogen-bond acceptors (Lipinski definition) is 3. The molecule has 0 aliphatic carbocycles. The molecule has 1 amide bonds. The highest BCUT2D eigenvalue weighted by Gasteiger charge is 2.31. The molecule has 0 saturated carbocycles. The molecule has 5 nitrogen and oxygen atoms in total. The van der Waals surface area contributed by atoms with Crippen LogP contribution in [-0.2, 0) is 15.7 Å². The summed E-state index contributed by atoms with van der Waals surface area (Å²) >= 11 is 0. The Bertz CT molecular complexity index is 408. The lowest BCUT2D eigenvalue weighted by Crippen LogP contribution is -2.40. The average molecular weight is 302 g/mol. The van der Waals surface area contributed by atoms with Crippen LogP contribution in [-0.4, -0.2) is 44.4 Å². The molecule has 1 heterocycles. The van der Waals surface area contributed by atoms with E-state index in [2.05, 4.69) is 4.40 Å². The van der Waals surface area contributed by atoms with E-state index in [4.69, 9.17) is 4.74 Å². The van der Waals surface area contributed by atoms with Crippen LogP contribution in [0.25, 0.3) is 0 Å². The standard InChI is InChI=1S/C14H26N2O3S/c1-13(2,3)19-12(17)16-9-7-8-11(16)10-15-20(18)14(4,5)6/h10-11H,7-9H2,1-6H3/t11-,20?/m0/s1. The topological polar surface area (TPSA) is 59.0 Å². The summed E-state index contributed by atoms with van der Waals surface area (Å²) in [5.41, 5.74) is -0.504. The van der Waals surface area contributed by atoms with Gasteiger partial charge >= 0.3 is 6.09 Å². The quantitative estimate of drug-likeness (QED) is 0.737. The second kappa shape index (κ2) is 6.24. The molecule has 0 aromatic heterocycles. The van der Waals surface area contributed by atoms with E-state index < -0.39 is 16.6 Å². The molecule has 6 heteroatoms. The SMILES string of the molecule is CC(C)(C)OC(=O)N1CCC[C@H]1C=NS(=O)C(C)(C)C. The number of rotatable bonds is 2. The first kappa shape index (κ1) is 17.1. The first-order valence-electron chi connectivity index (χ1n) is 6.96. The van der Waals surface area contributed by atoms with Gasteiger partial charge in [-0.1, -0.05) is 0 Å². The van der Waals surface area contributed by atoms with Crippen molar-refractivity contribution in [2.45, 2.75) is 70.8 Å². The first-order chi connectivity index (χ1) is 9.00. The van der Waals surface area contributed by atoms with Crippen LogP contribution in [0.3, 0.4) is 0 Å². The summed E-state index contributed by atoms with van der Waals surface area (Å²) in [4.78, 5) is 13.7. The lowest BCUT2D eigenvalue weighted by Gasteiger charge is -2.27. The molecule has 0 N–H and O–H groups in total. The van der Waals surface area contributed by atoms with Gasteiger partial charge in [0, 0.05) is 12.8 Å². The Balaban J connectivity index is 2.69. The van der Waals surface area contributed by atoms with Crippen molar-refractivity contribution in [2.24, 2.45) is 4.40 Å². The minimum absolute atomic E-state index is 0.115. The van der Waals surface area contributed by atoms with Crippen LogP contribution in [0.15, 0.2) is 4.40 Å². The van der Waals surface area contributed by atoms with Crippen LogP contribution in [0.2, 0.25) is 0 Å². The van der Waals surface area contributed by atoms with Crippen LogP contribution in [0.4, 0.5) is 4.79 Å². The average Bonchev–Trinajstić information content (AvgIpc) is 2.70. The molecule has 1 saturated heterocycles. The Kier molecular flexibility index (Phi) is 5.35. The monoisotopic (exact) mass is 302 g/mol. The number of ether oxygens (including phenoxy) is 1. The summed E-state index contributed by atoms with van der Waals surface area (Å²) in [6.07, 6.45) is 3.06. The molecular formula is C14H26N2O3S. The fourth-order valence-electron chi connectivity index (χ4n) is 1.78. The number of hydrogen-bond donors (Lipinski definition) is 0. The third-order valence-electron chi connectivity index (χ3n) is 2.78. The zero-order valence-electron chi connectivity index (χ0n) is 13.3. The summed E-state index contributed by atoms with van der Waals surface area (Å²) in [6, 6.07) is -0.115. The molecule has 1 fully saturated rings. The van der Waals surface area contributed by atoms with Crippen molar-refractivity contribution in [3.63, 3.8) is 0 Å². The minimum Gasteiger partial charge on any atom is -0.444 e. The molecule has 2 atom stereocenters. The molecule has 0 spiro atoms.